The van der Waals surface area contributed by atoms with E-state index in [1.807, 2.05) is 72.5 Å². The van der Waals surface area contributed by atoms with Crippen LogP contribution in [-0.4, -0.2) is 32.2 Å². The molecule has 1 atom stereocenters. The van der Waals surface area contributed by atoms with Gasteiger partial charge < -0.3 is 20.0 Å². The number of amides is 1. The second-order valence-electron chi connectivity index (χ2n) is 6.44. The summed E-state index contributed by atoms with van der Waals surface area (Å²) < 4.78 is 1.96. The molecule has 0 aliphatic heterocycles. The van der Waals surface area contributed by atoms with Crippen molar-refractivity contribution < 1.29 is 9.90 Å². The van der Waals surface area contributed by atoms with Gasteiger partial charge in [-0.25, -0.2) is 4.98 Å². The van der Waals surface area contributed by atoms with E-state index in [4.69, 9.17) is 0 Å². The lowest BCUT2D eigenvalue weighted by Crippen LogP contribution is -2.30. The molecule has 0 fully saturated rings. The van der Waals surface area contributed by atoms with Gasteiger partial charge in [0.05, 0.1) is 12.6 Å². The first-order valence-electron chi connectivity index (χ1n) is 8.73. The Morgan fingerprint density at radius 1 is 1.26 bits per heavy atom. The Morgan fingerprint density at radius 2 is 2.07 bits per heavy atom. The minimum Gasteiger partial charge on any atom is -0.394 e. The number of H-pyrrole nitrogens is 1. The third-order valence-corrected chi connectivity index (χ3v) is 4.70. The van der Waals surface area contributed by atoms with Crippen molar-refractivity contribution >= 4 is 16.9 Å². The standard InChI is InChI=1S/C21H20N4O2/c1-25-10-8-17-16(7-9-22-20(17)25)15-11-18(23-12-15)21(27)24-19(13-26)14-5-3-2-4-6-14/h2-12,19,23,26H,13H2,1H3,(H,24,27). The first kappa shape index (κ1) is 17.1. The van der Waals surface area contributed by atoms with Crippen LogP contribution >= 0.6 is 0 Å². The molecule has 3 N–H and O–H groups in total. The number of aromatic nitrogens is 3. The number of carbonyl (C=O) groups is 1. The molecule has 4 aromatic rings. The second kappa shape index (κ2) is 7.09. The van der Waals surface area contributed by atoms with Crippen molar-refractivity contribution in [3.8, 4) is 11.1 Å². The Morgan fingerprint density at radius 3 is 2.85 bits per heavy atom. The summed E-state index contributed by atoms with van der Waals surface area (Å²) in [6.45, 7) is -0.168. The average molecular weight is 360 g/mol. The molecular weight excluding hydrogens is 340 g/mol. The highest BCUT2D eigenvalue weighted by atomic mass is 16.3. The molecule has 0 spiro atoms. The molecule has 0 radical (unpaired) electrons. The van der Waals surface area contributed by atoms with Gasteiger partial charge >= 0.3 is 0 Å². The van der Waals surface area contributed by atoms with Crippen molar-refractivity contribution in [1.82, 2.24) is 19.9 Å². The first-order chi connectivity index (χ1) is 13.2. The van der Waals surface area contributed by atoms with Crippen LogP contribution in [0.15, 0.2) is 67.1 Å². The van der Waals surface area contributed by atoms with Gasteiger partial charge in [0.1, 0.15) is 11.3 Å². The lowest BCUT2D eigenvalue weighted by atomic mass is 10.1. The van der Waals surface area contributed by atoms with E-state index in [1.165, 1.54) is 0 Å². The zero-order chi connectivity index (χ0) is 18.8. The van der Waals surface area contributed by atoms with E-state index in [9.17, 15) is 9.90 Å². The zero-order valence-electron chi connectivity index (χ0n) is 14.9. The Hall–Kier alpha value is -3.38. The van der Waals surface area contributed by atoms with E-state index in [-0.39, 0.29) is 12.5 Å². The fourth-order valence-electron chi connectivity index (χ4n) is 3.25. The summed E-state index contributed by atoms with van der Waals surface area (Å²) in [6.07, 6.45) is 5.54. The summed E-state index contributed by atoms with van der Waals surface area (Å²) in [5.41, 5.74) is 4.13. The molecule has 6 nitrogen and oxygen atoms in total. The summed E-state index contributed by atoms with van der Waals surface area (Å²) in [5.74, 6) is -0.262. The van der Waals surface area contributed by atoms with Crippen LogP contribution in [0.3, 0.4) is 0 Å². The largest absolute Gasteiger partial charge is 0.394 e. The molecule has 0 aliphatic rings. The summed E-state index contributed by atoms with van der Waals surface area (Å²) in [4.78, 5) is 20.1. The Bertz CT molecular complexity index is 1080. The predicted octanol–water partition coefficient (Wildman–Crippen LogP) is 3.03. The molecule has 3 aromatic heterocycles. The van der Waals surface area contributed by atoms with Crippen LogP contribution in [0.4, 0.5) is 0 Å². The van der Waals surface area contributed by atoms with Crippen LogP contribution in [0.2, 0.25) is 0 Å². The van der Waals surface area contributed by atoms with Crippen LogP contribution in [-0.2, 0) is 7.05 Å². The predicted molar refractivity (Wildman–Crippen MR) is 104 cm³/mol. The molecule has 0 saturated heterocycles. The van der Waals surface area contributed by atoms with E-state index in [0.717, 1.165) is 27.7 Å². The van der Waals surface area contributed by atoms with Gasteiger partial charge in [0.15, 0.2) is 0 Å². The Balaban J connectivity index is 1.59. The highest BCUT2D eigenvalue weighted by Gasteiger charge is 2.17. The van der Waals surface area contributed by atoms with E-state index < -0.39 is 6.04 Å². The maximum absolute atomic E-state index is 12.6. The number of carbonyl (C=O) groups excluding carboxylic acids is 1. The van der Waals surface area contributed by atoms with E-state index in [2.05, 4.69) is 15.3 Å². The van der Waals surface area contributed by atoms with Crippen molar-refractivity contribution in [3.05, 3.63) is 78.4 Å². The smallest absolute Gasteiger partial charge is 0.268 e. The third kappa shape index (κ3) is 3.22. The SMILES string of the molecule is Cn1ccc2c(-c3c[nH]c(C(=O)NC(CO)c4ccccc4)c3)ccnc21. The normalized spacial score (nSPS) is 12.2. The van der Waals surface area contributed by atoms with E-state index in [0.29, 0.717) is 5.69 Å². The zero-order valence-corrected chi connectivity index (χ0v) is 14.9. The minimum absolute atomic E-state index is 0.168. The van der Waals surface area contributed by atoms with Gasteiger partial charge in [-0.05, 0) is 29.3 Å². The number of pyridine rings is 1. The number of aryl methyl sites for hydroxylation is 1. The molecule has 0 aliphatic carbocycles. The molecule has 6 heteroatoms. The van der Waals surface area contributed by atoms with Crippen LogP contribution < -0.4 is 5.32 Å². The van der Waals surface area contributed by atoms with Crippen molar-refractivity contribution in [2.24, 2.45) is 7.05 Å². The molecule has 136 valence electrons. The van der Waals surface area contributed by atoms with E-state index >= 15 is 0 Å². The molecule has 27 heavy (non-hydrogen) atoms. The number of hydrogen-bond donors (Lipinski definition) is 3. The lowest BCUT2D eigenvalue weighted by molar-refractivity contribution is 0.0912. The second-order valence-corrected chi connectivity index (χ2v) is 6.44. The fraction of sp³-hybridized carbons (Fsp3) is 0.143. The third-order valence-electron chi connectivity index (χ3n) is 4.70. The van der Waals surface area contributed by atoms with Gasteiger partial charge in [0.2, 0.25) is 0 Å². The summed E-state index contributed by atoms with van der Waals surface area (Å²) in [7, 11) is 1.95. The number of benzene rings is 1. The number of aliphatic hydroxyl groups excluding tert-OH is 1. The summed E-state index contributed by atoms with van der Waals surface area (Å²) >= 11 is 0. The van der Waals surface area contributed by atoms with Crippen LogP contribution in [0.5, 0.6) is 0 Å². The Kier molecular flexibility index (Phi) is 4.48. The number of fused-ring (bicyclic) bond motifs is 1. The van der Waals surface area contributed by atoms with Crippen molar-refractivity contribution in [3.63, 3.8) is 0 Å². The van der Waals surface area contributed by atoms with Crippen molar-refractivity contribution in [2.45, 2.75) is 6.04 Å². The monoisotopic (exact) mass is 360 g/mol. The highest BCUT2D eigenvalue weighted by molar-refractivity contribution is 5.97. The molecule has 1 unspecified atom stereocenters. The van der Waals surface area contributed by atoms with Crippen molar-refractivity contribution in [1.29, 1.82) is 0 Å². The number of aromatic amines is 1. The van der Waals surface area contributed by atoms with Crippen molar-refractivity contribution in [2.75, 3.05) is 6.61 Å². The number of rotatable bonds is 5. The Labute approximate surface area is 156 Å². The van der Waals surface area contributed by atoms with Gasteiger partial charge in [-0.3, -0.25) is 4.79 Å². The summed E-state index contributed by atoms with van der Waals surface area (Å²) in [6, 6.07) is 14.7. The van der Waals surface area contributed by atoms with Gasteiger partial charge in [-0.15, -0.1) is 0 Å². The number of nitrogens with one attached hydrogen (secondary N) is 2. The van der Waals surface area contributed by atoms with Gasteiger partial charge in [0.25, 0.3) is 5.91 Å². The van der Waals surface area contributed by atoms with Crippen LogP contribution in [0, 0.1) is 0 Å². The van der Waals surface area contributed by atoms with Gasteiger partial charge in [-0.2, -0.15) is 0 Å². The maximum atomic E-state index is 12.6. The van der Waals surface area contributed by atoms with Gasteiger partial charge in [0, 0.05) is 36.6 Å². The maximum Gasteiger partial charge on any atom is 0.268 e. The lowest BCUT2D eigenvalue weighted by Gasteiger charge is -2.16. The molecule has 1 amide bonds. The molecule has 4 rings (SSSR count). The first-order valence-corrected chi connectivity index (χ1v) is 8.73. The fourth-order valence-corrected chi connectivity index (χ4v) is 3.25. The van der Waals surface area contributed by atoms with Gasteiger partial charge in [-0.1, -0.05) is 30.3 Å². The molecule has 0 saturated carbocycles. The summed E-state index contributed by atoms with van der Waals surface area (Å²) in [5, 5.41) is 13.5. The topological polar surface area (TPSA) is 82.9 Å². The number of nitrogens with zero attached hydrogens (tertiary/aromatic N) is 2. The molecular formula is C21H20N4O2. The minimum atomic E-state index is -0.452. The highest BCUT2D eigenvalue weighted by Crippen LogP contribution is 2.28. The van der Waals surface area contributed by atoms with E-state index in [1.54, 1.807) is 6.20 Å². The average Bonchev–Trinajstić information content (AvgIpc) is 3.34. The van der Waals surface area contributed by atoms with Crippen LogP contribution in [0.1, 0.15) is 22.1 Å². The molecule has 0 bridgehead atoms. The number of hydrogen-bond acceptors (Lipinski definition) is 3. The quantitative estimate of drug-likeness (QED) is 0.512. The van der Waals surface area contributed by atoms with Crippen LogP contribution in [0.25, 0.3) is 22.2 Å². The molecule has 1 aromatic carbocycles. The molecule has 3 heterocycles. The number of aliphatic hydroxyl groups is 1.